The number of methoxy groups -OCH3 is 1. The molecule has 1 heterocycles. The first kappa shape index (κ1) is 19.9. The van der Waals surface area contributed by atoms with Crippen LogP contribution in [0, 0.1) is 27.7 Å². The molecule has 2 aromatic carbocycles. The summed E-state index contributed by atoms with van der Waals surface area (Å²) in [6.07, 6.45) is 0. The van der Waals surface area contributed by atoms with E-state index in [1.165, 1.54) is 17.3 Å². The van der Waals surface area contributed by atoms with Crippen molar-refractivity contribution in [3.05, 3.63) is 52.6 Å². The van der Waals surface area contributed by atoms with Gasteiger partial charge in [0.2, 0.25) is 11.1 Å². The van der Waals surface area contributed by atoms with Gasteiger partial charge in [-0.25, -0.2) is 0 Å². The molecule has 8 heteroatoms. The van der Waals surface area contributed by atoms with Gasteiger partial charge in [0.25, 0.3) is 0 Å². The van der Waals surface area contributed by atoms with Crippen molar-refractivity contribution in [1.29, 1.82) is 0 Å². The predicted octanol–water partition coefficient (Wildman–Crippen LogP) is 3.64. The standard InChI is InChI=1S/C20H23N5O2S/c1-12-6-7-17(27-5)16(10-12)25-20(22-23-24-25)28-11-18(26)21-19-14(3)8-13(2)9-15(19)4/h6-10H,11H2,1-5H3,(H,21,26). The van der Waals surface area contributed by atoms with Gasteiger partial charge in [0.15, 0.2) is 0 Å². The molecule has 0 radical (unpaired) electrons. The largest absolute Gasteiger partial charge is 0.494 e. The van der Waals surface area contributed by atoms with Crippen LogP contribution in [0.5, 0.6) is 5.75 Å². The lowest BCUT2D eigenvalue weighted by Crippen LogP contribution is -2.16. The topological polar surface area (TPSA) is 81.9 Å². The monoisotopic (exact) mass is 397 g/mol. The van der Waals surface area contributed by atoms with Crippen LogP contribution in [0.2, 0.25) is 0 Å². The van der Waals surface area contributed by atoms with Gasteiger partial charge in [-0.05, 0) is 66.9 Å². The fourth-order valence-electron chi connectivity index (χ4n) is 3.07. The summed E-state index contributed by atoms with van der Waals surface area (Å²) in [6, 6.07) is 9.88. The van der Waals surface area contributed by atoms with Crippen LogP contribution in [-0.2, 0) is 4.79 Å². The molecule has 1 N–H and O–H groups in total. The minimum atomic E-state index is -0.106. The first-order valence-electron chi connectivity index (χ1n) is 8.83. The maximum absolute atomic E-state index is 12.5. The SMILES string of the molecule is COc1ccc(C)cc1-n1nnnc1SCC(=O)Nc1c(C)cc(C)cc1C. The number of hydrogen-bond acceptors (Lipinski definition) is 6. The lowest BCUT2D eigenvalue weighted by atomic mass is 10.1. The van der Waals surface area contributed by atoms with Crippen molar-refractivity contribution in [2.45, 2.75) is 32.9 Å². The number of ether oxygens (including phenoxy) is 1. The zero-order valence-corrected chi connectivity index (χ0v) is 17.4. The second-order valence-electron chi connectivity index (χ2n) is 6.66. The van der Waals surface area contributed by atoms with Crippen molar-refractivity contribution in [3.8, 4) is 11.4 Å². The second-order valence-corrected chi connectivity index (χ2v) is 7.60. The van der Waals surface area contributed by atoms with E-state index in [4.69, 9.17) is 4.74 Å². The molecule has 0 bridgehead atoms. The van der Waals surface area contributed by atoms with Crippen LogP contribution in [0.4, 0.5) is 5.69 Å². The number of nitrogens with zero attached hydrogens (tertiary/aromatic N) is 4. The molecule has 146 valence electrons. The maximum atomic E-state index is 12.5. The smallest absolute Gasteiger partial charge is 0.234 e. The summed E-state index contributed by atoms with van der Waals surface area (Å²) in [6.45, 7) is 8.02. The fourth-order valence-corrected chi connectivity index (χ4v) is 3.75. The molecule has 0 aliphatic rings. The fraction of sp³-hybridized carbons (Fsp3) is 0.300. The number of rotatable bonds is 6. The minimum Gasteiger partial charge on any atom is -0.494 e. The van der Waals surface area contributed by atoms with E-state index < -0.39 is 0 Å². The molecule has 0 saturated carbocycles. The molecule has 0 atom stereocenters. The normalized spacial score (nSPS) is 10.8. The number of thioether (sulfide) groups is 1. The van der Waals surface area contributed by atoms with Gasteiger partial charge in [0, 0.05) is 5.69 Å². The van der Waals surface area contributed by atoms with Crippen molar-refractivity contribution in [2.75, 3.05) is 18.2 Å². The van der Waals surface area contributed by atoms with Gasteiger partial charge in [0.1, 0.15) is 11.4 Å². The number of aryl methyl sites for hydroxylation is 4. The highest BCUT2D eigenvalue weighted by molar-refractivity contribution is 7.99. The first-order valence-corrected chi connectivity index (χ1v) is 9.81. The van der Waals surface area contributed by atoms with Crippen LogP contribution in [0.15, 0.2) is 35.5 Å². The molecule has 3 aromatic rings. The lowest BCUT2D eigenvalue weighted by molar-refractivity contribution is -0.113. The van der Waals surface area contributed by atoms with E-state index in [0.717, 1.165) is 28.1 Å². The molecule has 1 aromatic heterocycles. The van der Waals surface area contributed by atoms with E-state index in [-0.39, 0.29) is 11.7 Å². The molecule has 0 aliphatic carbocycles. The Morgan fingerprint density at radius 3 is 2.50 bits per heavy atom. The van der Waals surface area contributed by atoms with Gasteiger partial charge in [-0.2, -0.15) is 4.68 Å². The quantitative estimate of drug-likeness (QED) is 0.640. The predicted molar refractivity (Wildman–Crippen MR) is 110 cm³/mol. The highest BCUT2D eigenvalue weighted by Gasteiger charge is 2.16. The number of carbonyl (C=O) groups excluding carboxylic acids is 1. The Hall–Kier alpha value is -2.87. The zero-order valence-electron chi connectivity index (χ0n) is 16.6. The van der Waals surface area contributed by atoms with Crippen molar-refractivity contribution in [2.24, 2.45) is 0 Å². The molecule has 0 aliphatic heterocycles. The van der Waals surface area contributed by atoms with Crippen molar-refractivity contribution >= 4 is 23.4 Å². The number of tetrazole rings is 1. The summed E-state index contributed by atoms with van der Waals surface area (Å²) in [5.41, 5.74) is 5.92. The van der Waals surface area contributed by atoms with Crippen LogP contribution in [-0.4, -0.2) is 39.0 Å². The second kappa shape index (κ2) is 8.43. The first-order chi connectivity index (χ1) is 13.4. The number of hydrogen-bond donors (Lipinski definition) is 1. The summed E-state index contributed by atoms with van der Waals surface area (Å²) in [7, 11) is 1.60. The van der Waals surface area contributed by atoms with Crippen LogP contribution in [0.3, 0.4) is 0 Å². The highest BCUT2D eigenvalue weighted by Crippen LogP contribution is 2.27. The molecule has 28 heavy (non-hydrogen) atoms. The van der Waals surface area contributed by atoms with E-state index in [9.17, 15) is 4.79 Å². The van der Waals surface area contributed by atoms with E-state index >= 15 is 0 Å². The molecule has 1 amide bonds. The molecule has 7 nitrogen and oxygen atoms in total. The van der Waals surface area contributed by atoms with E-state index in [2.05, 4.69) is 33.0 Å². The third-order valence-electron chi connectivity index (χ3n) is 4.28. The van der Waals surface area contributed by atoms with Crippen LogP contribution in [0.25, 0.3) is 5.69 Å². The Bertz CT molecular complexity index is 993. The van der Waals surface area contributed by atoms with Gasteiger partial charge in [0.05, 0.1) is 12.9 Å². The average molecular weight is 398 g/mol. The van der Waals surface area contributed by atoms with Crippen molar-refractivity contribution < 1.29 is 9.53 Å². The van der Waals surface area contributed by atoms with Crippen LogP contribution in [0.1, 0.15) is 22.3 Å². The number of carbonyl (C=O) groups is 1. The molecule has 0 spiro atoms. The van der Waals surface area contributed by atoms with Gasteiger partial charge >= 0.3 is 0 Å². The Balaban J connectivity index is 1.74. The summed E-state index contributed by atoms with van der Waals surface area (Å²) in [5, 5.41) is 15.4. The molecule has 0 fully saturated rings. The lowest BCUT2D eigenvalue weighted by Gasteiger charge is -2.13. The van der Waals surface area contributed by atoms with E-state index in [1.54, 1.807) is 11.8 Å². The highest BCUT2D eigenvalue weighted by atomic mass is 32.2. The van der Waals surface area contributed by atoms with Crippen LogP contribution < -0.4 is 10.1 Å². The van der Waals surface area contributed by atoms with E-state index in [1.807, 2.05) is 45.9 Å². The average Bonchev–Trinajstić information content (AvgIpc) is 3.11. The molecule has 0 unspecified atom stereocenters. The Morgan fingerprint density at radius 2 is 1.82 bits per heavy atom. The zero-order chi connectivity index (χ0) is 20.3. The van der Waals surface area contributed by atoms with Gasteiger partial charge in [-0.15, -0.1) is 5.10 Å². The van der Waals surface area contributed by atoms with Crippen molar-refractivity contribution in [1.82, 2.24) is 20.2 Å². The number of anilines is 1. The Morgan fingerprint density at radius 1 is 1.11 bits per heavy atom. The summed E-state index contributed by atoms with van der Waals surface area (Å²) in [4.78, 5) is 12.5. The number of nitrogens with one attached hydrogen (secondary N) is 1. The Labute approximate surface area is 168 Å². The van der Waals surface area contributed by atoms with Crippen molar-refractivity contribution in [3.63, 3.8) is 0 Å². The van der Waals surface area contributed by atoms with Gasteiger partial charge in [-0.1, -0.05) is 35.5 Å². The maximum Gasteiger partial charge on any atom is 0.234 e. The summed E-state index contributed by atoms with van der Waals surface area (Å²) < 4.78 is 7.00. The third-order valence-corrected chi connectivity index (χ3v) is 5.20. The number of amides is 1. The molecule has 3 rings (SSSR count). The summed E-state index contributed by atoms with van der Waals surface area (Å²) >= 11 is 1.28. The van der Waals surface area contributed by atoms with E-state index in [0.29, 0.717) is 10.9 Å². The number of benzene rings is 2. The van der Waals surface area contributed by atoms with Crippen LogP contribution >= 0.6 is 11.8 Å². The van der Waals surface area contributed by atoms with Gasteiger partial charge < -0.3 is 10.1 Å². The Kier molecular flexibility index (Phi) is 5.99. The minimum absolute atomic E-state index is 0.106. The number of aromatic nitrogens is 4. The molecular formula is C20H23N5O2S. The van der Waals surface area contributed by atoms with Gasteiger partial charge in [-0.3, -0.25) is 4.79 Å². The third kappa shape index (κ3) is 4.33. The molecule has 0 saturated heterocycles. The summed E-state index contributed by atoms with van der Waals surface area (Å²) in [5.74, 6) is 0.752. The molecular weight excluding hydrogens is 374 g/mol.